The molecule has 8 heteroatoms. The number of rotatable bonds is 7. The van der Waals surface area contributed by atoms with Crippen molar-refractivity contribution >= 4 is 35.8 Å². The Hall–Kier alpha value is -2.36. The fraction of sp³-hybridized carbons (Fsp3) is 0.263. The number of aromatic hydroxyl groups is 1. The highest BCUT2D eigenvalue weighted by Gasteiger charge is 2.09. The number of amides is 1. The number of phenols is 1. The Morgan fingerprint density at radius 2 is 1.70 bits per heavy atom. The zero-order chi connectivity index (χ0) is 18.8. The van der Waals surface area contributed by atoms with Gasteiger partial charge in [0.15, 0.2) is 5.96 Å². The maximum absolute atomic E-state index is 12.9. The first-order chi connectivity index (χ1) is 12.6. The van der Waals surface area contributed by atoms with E-state index in [2.05, 4.69) is 20.9 Å². The van der Waals surface area contributed by atoms with Gasteiger partial charge in [0.25, 0.3) is 5.91 Å². The topological polar surface area (TPSA) is 85.8 Å². The Kier molecular flexibility index (Phi) is 10.2. The van der Waals surface area contributed by atoms with Gasteiger partial charge in [-0.25, -0.2) is 9.38 Å². The number of phenolic OH excluding ortho intramolecular Hbond substituents is 1. The Balaban J connectivity index is 0.00000364. The summed E-state index contributed by atoms with van der Waals surface area (Å²) in [6.07, 6.45) is 0. The maximum Gasteiger partial charge on any atom is 0.255 e. The third-order valence-corrected chi connectivity index (χ3v) is 3.53. The van der Waals surface area contributed by atoms with E-state index in [0.29, 0.717) is 32.1 Å². The van der Waals surface area contributed by atoms with Gasteiger partial charge in [-0.1, -0.05) is 24.3 Å². The number of hydrogen-bond donors (Lipinski definition) is 4. The molecule has 6 nitrogen and oxygen atoms in total. The molecule has 2 rings (SSSR count). The van der Waals surface area contributed by atoms with Crippen molar-refractivity contribution < 1.29 is 14.3 Å². The van der Waals surface area contributed by atoms with Crippen molar-refractivity contribution in [3.63, 3.8) is 0 Å². The zero-order valence-electron chi connectivity index (χ0n) is 15.0. The van der Waals surface area contributed by atoms with E-state index in [-0.39, 0.29) is 47.0 Å². The number of halogens is 2. The number of nitrogens with one attached hydrogen (secondary N) is 3. The van der Waals surface area contributed by atoms with Crippen LogP contribution in [-0.4, -0.2) is 36.6 Å². The number of carbonyl (C=O) groups is 1. The number of carbonyl (C=O) groups excluding carboxylic acids is 1. The van der Waals surface area contributed by atoms with Gasteiger partial charge in [-0.15, -0.1) is 24.0 Å². The average molecular weight is 486 g/mol. The Morgan fingerprint density at radius 3 is 2.37 bits per heavy atom. The van der Waals surface area contributed by atoms with Crippen LogP contribution in [0, 0.1) is 5.82 Å². The van der Waals surface area contributed by atoms with Crippen LogP contribution < -0.4 is 16.0 Å². The molecule has 0 aliphatic heterocycles. The lowest BCUT2D eigenvalue weighted by atomic mass is 10.2. The van der Waals surface area contributed by atoms with Crippen LogP contribution in [0.25, 0.3) is 0 Å². The van der Waals surface area contributed by atoms with Gasteiger partial charge in [0.1, 0.15) is 11.6 Å². The molecule has 0 unspecified atom stereocenters. The molecule has 0 aromatic heterocycles. The summed E-state index contributed by atoms with van der Waals surface area (Å²) in [6.45, 7) is 3.90. The predicted molar refractivity (Wildman–Crippen MR) is 115 cm³/mol. The molecular weight excluding hydrogens is 462 g/mol. The number of guanidine groups is 1. The molecule has 0 fully saturated rings. The molecule has 0 aliphatic carbocycles. The van der Waals surface area contributed by atoms with Crippen LogP contribution in [-0.2, 0) is 6.54 Å². The number of aliphatic imine (C=N–C) groups is 1. The SMILES string of the molecule is CCNC(=NCc1ccc(F)cc1)NCCNC(=O)c1ccccc1O.I. The molecule has 0 atom stereocenters. The highest BCUT2D eigenvalue weighted by atomic mass is 127. The Bertz CT molecular complexity index is 754. The Morgan fingerprint density at radius 1 is 1.04 bits per heavy atom. The molecule has 0 radical (unpaired) electrons. The van der Waals surface area contributed by atoms with E-state index in [1.165, 1.54) is 18.2 Å². The fourth-order valence-corrected chi connectivity index (χ4v) is 2.22. The van der Waals surface area contributed by atoms with Gasteiger partial charge < -0.3 is 21.1 Å². The van der Waals surface area contributed by atoms with Crippen LogP contribution in [0.2, 0.25) is 0 Å². The van der Waals surface area contributed by atoms with E-state index in [9.17, 15) is 14.3 Å². The van der Waals surface area contributed by atoms with Crippen molar-refractivity contribution in [1.29, 1.82) is 0 Å². The van der Waals surface area contributed by atoms with E-state index in [0.717, 1.165) is 5.56 Å². The smallest absolute Gasteiger partial charge is 0.255 e. The summed E-state index contributed by atoms with van der Waals surface area (Å²) in [6, 6.07) is 12.6. The van der Waals surface area contributed by atoms with Gasteiger partial charge in [0.05, 0.1) is 12.1 Å². The molecular formula is C19H24FIN4O2. The molecule has 0 saturated carbocycles. The standard InChI is InChI=1S/C19H23FN4O2.HI/c1-2-21-19(24-13-14-7-9-15(20)10-8-14)23-12-11-22-18(26)16-5-3-4-6-17(16)25;/h3-10,25H,2,11-13H2,1H3,(H,22,26)(H2,21,23,24);1H. The molecule has 0 bridgehead atoms. The van der Waals surface area contributed by atoms with E-state index in [1.807, 2.05) is 6.92 Å². The zero-order valence-corrected chi connectivity index (χ0v) is 17.4. The van der Waals surface area contributed by atoms with Crippen molar-refractivity contribution in [2.75, 3.05) is 19.6 Å². The van der Waals surface area contributed by atoms with E-state index < -0.39 is 0 Å². The molecule has 2 aromatic carbocycles. The fourth-order valence-electron chi connectivity index (χ4n) is 2.22. The molecule has 0 saturated heterocycles. The first kappa shape index (κ1) is 22.7. The normalized spacial score (nSPS) is 10.7. The third kappa shape index (κ3) is 7.81. The maximum atomic E-state index is 12.9. The molecule has 0 heterocycles. The van der Waals surface area contributed by atoms with Gasteiger partial charge in [-0.3, -0.25) is 4.79 Å². The van der Waals surface area contributed by atoms with Gasteiger partial charge in [-0.2, -0.15) is 0 Å². The van der Waals surface area contributed by atoms with Gasteiger partial charge in [0.2, 0.25) is 0 Å². The summed E-state index contributed by atoms with van der Waals surface area (Å²) < 4.78 is 12.9. The lowest BCUT2D eigenvalue weighted by Crippen LogP contribution is -2.41. The molecule has 146 valence electrons. The summed E-state index contributed by atoms with van der Waals surface area (Å²) in [4.78, 5) is 16.4. The minimum absolute atomic E-state index is 0. The van der Waals surface area contributed by atoms with E-state index >= 15 is 0 Å². The number of hydrogen-bond acceptors (Lipinski definition) is 3. The lowest BCUT2D eigenvalue weighted by molar-refractivity contribution is 0.0951. The van der Waals surface area contributed by atoms with Crippen molar-refractivity contribution in [1.82, 2.24) is 16.0 Å². The van der Waals surface area contributed by atoms with Crippen LogP contribution in [0.3, 0.4) is 0 Å². The predicted octanol–water partition coefficient (Wildman–Crippen LogP) is 2.63. The van der Waals surface area contributed by atoms with Crippen molar-refractivity contribution in [3.8, 4) is 5.75 Å². The van der Waals surface area contributed by atoms with Crippen LogP contribution >= 0.6 is 24.0 Å². The van der Waals surface area contributed by atoms with Gasteiger partial charge in [0, 0.05) is 19.6 Å². The highest BCUT2D eigenvalue weighted by molar-refractivity contribution is 14.0. The number of benzene rings is 2. The molecule has 1 amide bonds. The second-order valence-corrected chi connectivity index (χ2v) is 5.52. The van der Waals surface area contributed by atoms with E-state index in [4.69, 9.17) is 0 Å². The highest BCUT2D eigenvalue weighted by Crippen LogP contribution is 2.14. The minimum Gasteiger partial charge on any atom is -0.507 e. The van der Waals surface area contributed by atoms with Crippen molar-refractivity contribution in [3.05, 3.63) is 65.5 Å². The van der Waals surface area contributed by atoms with Crippen LogP contribution in [0.15, 0.2) is 53.5 Å². The first-order valence-electron chi connectivity index (χ1n) is 8.43. The minimum atomic E-state index is -0.335. The van der Waals surface area contributed by atoms with Crippen LogP contribution in [0.5, 0.6) is 5.75 Å². The second-order valence-electron chi connectivity index (χ2n) is 5.52. The number of para-hydroxylation sites is 1. The summed E-state index contributed by atoms with van der Waals surface area (Å²) in [7, 11) is 0. The van der Waals surface area contributed by atoms with Crippen molar-refractivity contribution in [2.45, 2.75) is 13.5 Å². The van der Waals surface area contributed by atoms with Gasteiger partial charge in [-0.05, 0) is 36.8 Å². The van der Waals surface area contributed by atoms with E-state index in [1.54, 1.807) is 30.3 Å². The van der Waals surface area contributed by atoms with Crippen molar-refractivity contribution in [2.24, 2.45) is 4.99 Å². The van der Waals surface area contributed by atoms with Crippen LogP contribution in [0.4, 0.5) is 4.39 Å². The lowest BCUT2D eigenvalue weighted by Gasteiger charge is -2.12. The average Bonchev–Trinajstić information content (AvgIpc) is 2.64. The summed E-state index contributed by atoms with van der Waals surface area (Å²) in [5.74, 6) is -0.0538. The molecule has 0 aliphatic rings. The van der Waals surface area contributed by atoms with Gasteiger partial charge >= 0.3 is 0 Å². The quantitative estimate of drug-likeness (QED) is 0.210. The molecule has 2 aromatic rings. The summed E-state index contributed by atoms with van der Waals surface area (Å²) in [5, 5.41) is 18.6. The summed E-state index contributed by atoms with van der Waals surface area (Å²) in [5.41, 5.74) is 1.14. The largest absolute Gasteiger partial charge is 0.507 e. The second kappa shape index (κ2) is 12.1. The molecule has 4 N–H and O–H groups in total. The molecule has 0 spiro atoms. The number of nitrogens with zero attached hydrogens (tertiary/aromatic N) is 1. The molecule has 27 heavy (non-hydrogen) atoms. The monoisotopic (exact) mass is 486 g/mol. The van der Waals surface area contributed by atoms with Crippen LogP contribution in [0.1, 0.15) is 22.8 Å². The summed E-state index contributed by atoms with van der Waals surface area (Å²) >= 11 is 0. The first-order valence-corrected chi connectivity index (χ1v) is 8.43. The third-order valence-electron chi connectivity index (χ3n) is 3.53. The Labute approximate surface area is 175 Å².